The lowest BCUT2D eigenvalue weighted by atomic mass is 9.87. The van der Waals surface area contributed by atoms with Gasteiger partial charge in [-0.1, -0.05) is 54.6 Å². The van der Waals surface area contributed by atoms with Gasteiger partial charge in [0.2, 0.25) is 5.91 Å². The summed E-state index contributed by atoms with van der Waals surface area (Å²) in [6, 6.07) is 15.1. The van der Waals surface area contributed by atoms with Gasteiger partial charge in [0.1, 0.15) is 11.6 Å². The molecule has 0 bridgehead atoms. The fourth-order valence-electron chi connectivity index (χ4n) is 3.50. The van der Waals surface area contributed by atoms with E-state index in [1.165, 1.54) is 11.8 Å². The highest BCUT2D eigenvalue weighted by Gasteiger charge is 2.31. The molecule has 2 N–H and O–H groups in total. The van der Waals surface area contributed by atoms with E-state index < -0.39 is 0 Å². The number of benzene rings is 2. The van der Waals surface area contributed by atoms with Crippen molar-refractivity contribution in [2.24, 2.45) is 0 Å². The Labute approximate surface area is 189 Å². The quantitative estimate of drug-likeness (QED) is 0.387. The summed E-state index contributed by atoms with van der Waals surface area (Å²) < 4.78 is 5.63. The average molecular weight is 456 g/mol. The number of aromatic amines is 1. The van der Waals surface area contributed by atoms with Crippen molar-refractivity contribution < 1.29 is 9.53 Å². The first-order valence-electron chi connectivity index (χ1n) is 10.1. The molecular weight excluding hydrogens is 434 g/mol. The lowest BCUT2D eigenvalue weighted by Crippen LogP contribution is -2.31. The molecule has 0 fully saturated rings. The first-order valence-corrected chi connectivity index (χ1v) is 11.4. The van der Waals surface area contributed by atoms with E-state index in [9.17, 15) is 9.59 Å². The molecule has 1 amide bonds. The molecule has 31 heavy (non-hydrogen) atoms. The number of hydrogen-bond donors (Lipinski definition) is 2. The van der Waals surface area contributed by atoms with E-state index in [4.69, 9.17) is 16.3 Å². The smallest absolute Gasteiger partial charge is 0.257 e. The molecule has 6 nitrogen and oxygen atoms in total. The number of anilines is 1. The Morgan fingerprint density at radius 2 is 2.00 bits per heavy atom. The van der Waals surface area contributed by atoms with Crippen molar-refractivity contribution in [3.8, 4) is 5.75 Å². The van der Waals surface area contributed by atoms with Gasteiger partial charge in [-0.25, -0.2) is 4.98 Å². The number of hydrogen-bond acceptors (Lipinski definition) is 5. The normalized spacial score (nSPS) is 15.3. The van der Waals surface area contributed by atoms with E-state index >= 15 is 0 Å². The summed E-state index contributed by atoms with van der Waals surface area (Å²) in [5.41, 5.74) is 2.14. The Morgan fingerprint density at radius 3 is 2.74 bits per heavy atom. The number of carbonyl (C=O) groups excluding carboxylic acids is 1. The zero-order valence-corrected chi connectivity index (χ0v) is 18.6. The summed E-state index contributed by atoms with van der Waals surface area (Å²) in [5.74, 6) is 1.18. The van der Waals surface area contributed by atoms with Gasteiger partial charge in [0, 0.05) is 23.1 Å². The van der Waals surface area contributed by atoms with Crippen LogP contribution in [0.25, 0.3) is 0 Å². The van der Waals surface area contributed by atoms with E-state index in [-0.39, 0.29) is 23.8 Å². The van der Waals surface area contributed by atoms with E-state index in [2.05, 4.69) is 15.3 Å². The van der Waals surface area contributed by atoms with E-state index in [0.717, 1.165) is 23.3 Å². The zero-order valence-electron chi connectivity index (χ0n) is 17.0. The monoisotopic (exact) mass is 455 g/mol. The van der Waals surface area contributed by atoms with Crippen LogP contribution in [-0.2, 0) is 10.5 Å². The number of halogens is 1. The van der Waals surface area contributed by atoms with Crippen LogP contribution in [0.15, 0.2) is 58.5 Å². The van der Waals surface area contributed by atoms with Crippen LogP contribution >= 0.6 is 23.4 Å². The molecule has 0 saturated heterocycles. The highest BCUT2D eigenvalue weighted by Crippen LogP contribution is 2.35. The van der Waals surface area contributed by atoms with Crippen molar-refractivity contribution in [1.29, 1.82) is 0 Å². The summed E-state index contributed by atoms with van der Waals surface area (Å²) in [7, 11) is 0. The lowest BCUT2D eigenvalue weighted by Gasteiger charge is -2.24. The van der Waals surface area contributed by atoms with Gasteiger partial charge in [-0.05, 0) is 41.8 Å². The number of fused-ring (bicyclic) bond motifs is 1. The number of ether oxygens (including phenoxy) is 1. The summed E-state index contributed by atoms with van der Waals surface area (Å²) in [6.07, 6.45) is 1.12. The Hall–Kier alpha value is -2.77. The number of rotatable bonds is 7. The maximum atomic E-state index is 12.9. The molecule has 4 rings (SSSR count). The first-order chi connectivity index (χ1) is 15.0. The SMILES string of the molecule is CCCOc1ccc([C@@H]2CC(=O)Nc3nc(SCc4cccc(Cl)c4)[nH]c(=O)c32)cc1. The van der Waals surface area contributed by atoms with Crippen molar-refractivity contribution in [3.63, 3.8) is 0 Å². The average Bonchev–Trinajstić information content (AvgIpc) is 2.76. The standard InChI is InChI=1S/C23H22ClN3O3S/c1-2-10-30-17-8-6-15(7-9-17)18-12-19(28)25-21-20(18)22(29)27-23(26-21)31-13-14-4-3-5-16(24)11-14/h3-9,11,18H,2,10,12-13H2,1H3,(H2,25,26,27,28,29)/t18-/m0/s1. The van der Waals surface area contributed by atoms with Crippen molar-refractivity contribution in [3.05, 3.63) is 80.6 Å². The number of nitrogens with zero attached hydrogens (tertiary/aromatic N) is 1. The van der Waals surface area contributed by atoms with Crippen molar-refractivity contribution in [1.82, 2.24) is 9.97 Å². The van der Waals surface area contributed by atoms with E-state index in [1.54, 1.807) is 0 Å². The van der Waals surface area contributed by atoms with Crippen LogP contribution < -0.4 is 15.6 Å². The number of aromatic nitrogens is 2. The second kappa shape index (κ2) is 9.58. The molecule has 3 aromatic rings. The van der Waals surface area contributed by atoms with Crippen LogP contribution in [0, 0.1) is 0 Å². The molecule has 1 aliphatic rings. The number of amides is 1. The summed E-state index contributed by atoms with van der Waals surface area (Å²) in [6.45, 7) is 2.69. The van der Waals surface area contributed by atoms with Gasteiger partial charge in [0.15, 0.2) is 5.16 Å². The van der Waals surface area contributed by atoms with Gasteiger partial charge >= 0.3 is 0 Å². The minimum atomic E-state index is -0.354. The second-order valence-electron chi connectivity index (χ2n) is 7.27. The lowest BCUT2D eigenvalue weighted by molar-refractivity contribution is -0.116. The molecule has 0 saturated carbocycles. The van der Waals surface area contributed by atoms with E-state index in [0.29, 0.717) is 33.9 Å². The van der Waals surface area contributed by atoms with Gasteiger partial charge in [-0.3, -0.25) is 9.59 Å². The van der Waals surface area contributed by atoms with Gasteiger partial charge in [0.25, 0.3) is 5.56 Å². The fraction of sp³-hybridized carbons (Fsp3) is 0.261. The number of H-pyrrole nitrogens is 1. The van der Waals surface area contributed by atoms with Gasteiger partial charge in [-0.2, -0.15) is 0 Å². The maximum Gasteiger partial charge on any atom is 0.257 e. The van der Waals surface area contributed by atoms with Gasteiger partial charge in [0.05, 0.1) is 12.2 Å². The summed E-state index contributed by atoms with van der Waals surface area (Å²) in [4.78, 5) is 32.7. The van der Waals surface area contributed by atoms with Crippen molar-refractivity contribution in [2.45, 2.75) is 36.6 Å². The fourth-order valence-corrected chi connectivity index (χ4v) is 4.51. The summed E-state index contributed by atoms with van der Waals surface area (Å²) >= 11 is 7.42. The Kier molecular flexibility index (Phi) is 6.63. The largest absolute Gasteiger partial charge is 0.494 e. The third-order valence-corrected chi connectivity index (χ3v) is 6.13. The minimum absolute atomic E-state index is 0.160. The number of carbonyl (C=O) groups is 1. The molecule has 2 heterocycles. The van der Waals surface area contributed by atoms with Gasteiger partial charge < -0.3 is 15.0 Å². The molecule has 1 atom stereocenters. The second-order valence-corrected chi connectivity index (χ2v) is 8.67. The predicted molar refractivity (Wildman–Crippen MR) is 123 cm³/mol. The highest BCUT2D eigenvalue weighted by molar-refractivity contribution is 7.98. The van der Waals surface area contributed by atoms with Crippen molar-refractivity contribution in [2.75, 3.05) is 11.9 Å². The van der Waals surface area contributed by atoms with Crippen molar-refractivity contribution >= 4 is 35.1 Å². The molecule has 0 aliphatic carbocycles. The highest BCUT2D eigenvalue weighted by atomic mass is 35.5. The van der Waals surface area contributed by atoms with Crippen LogP contribution in [-0.4, -0.2) is 22.5 Å². The minimum Gasteiger partial charge on any atom is -0.494 e. The molecule has 8 heteroatoms. The van der Waals surface area contributed by atoms with E-state index in [1.807, 2.05) is 55.5 Å². The Morgan fingerprint density at radius 1 is 1.19 bits per heavy atom. The zero-order chi connectivity index (χ0) is 21.8. The molecule has 160 valence electrons. The number of nitrogens with one attached hydrogen (secondary N) is 2. The molecule has 0 spiro atoms. The van der Waals surface area contributed by atoms with Gasteiger partial charge in [-0.15, -0.1) is 0 Å². The van der Waals surface area contributed by atoms with Crippen LogP contribution in [0.3, 0.4) is 0 Å². The van der Waals surface area contributed by atoms with Crippen LogP contribution in [0.2, 0.25) is 5.02 Å². The van der Waals surface area contributed by atoms with Crippen LogP contribution in [0.1, 0.15) is 42.4 Å². The van der Waals surface area contributed by atoms with Crippen LogP contribution in [0.4, 0.5) is 5.82 Å². The maximum absolute atomic E-state index is 12.9. The molecule has 1 aliphatic heterocycles. The topological polar surface area (TPSA) is 84.1 Å². The third kappa shape index (κ3) is 5.11. The molecule has 1 aromatic heterocycles. The third-order valence-electron chi connectivity index (χ3n) is 4.95. The number of thioether (sulfide) groups is 1. The molecular formula is C23H22ClN3O3S. The van der Waals surface area contributed by atoms with Crippen LogP contribution in [0.5, 0.6) is 5.75 Å². The Balaban J connectivity index is 1.59. The Bertz CT molecular complexity index is 1150. The molecule has 2 aromatic carbocycles. The molecule has 0 unspecified atom stereocenters. The predicted octanol–water partition coefficient (Wildman–Crippen LogP) is 4.98. The summed E-state index contributed by atoms with van der Waals surface area (Å²) in [5, 5.41) is 3.87. The first kappa shape index (κ1) is 21.5. The molecule has 0 radical (unpaired) electrons.